The first-order valence-corrected chi connectivity index (χ1v) is 29.8. The molecule has 1 aliphatic carbocycles. The van der Waals surface area contributed by atoms with E-state index in [1.807, 2.05) is 44.2 Å². The Labute approximate surface area is 495 Å². The summed E-state index contributed by atoms with van der Waals surface area (Å²) in [6, 6.07) is -2.20. The zero-order chi connectivity index (χ0) is 61.7. The molecular formula is C62H94N6O16. The molecule has 6 N–H and O–H groups in total. The first-order chi connectivity index (χ1) is 40.0. The van der Waals surface area contributed by atoms with E-state index in [9.17, 15) is 43.8 Å². The number of aromatic nitrogens is 2. The number of nitrogens with one attached hydrogen (secondary N) is 2. The quantitative estimate of drug-likeness (QED) is 0.0633. The summed E-state index contributed by atoms with van der Waals surface area (Å²) in [6.45, 7) is 13.0. The average Bonchev–Trinajstić information content (AvgIpc) is 2.31. The lowest BCUT2D eigenvalue weighted by Gasteiger charge is -2.42. The number of allylic oxidation sites excluding steroid dienone is 6. The Balaban J connectivity index is 1.31. The Kier molecular flexibility index (Phi) is 27.9. The second-order valence-electron chi connectivity index (χ2n) is 23.4. The van der Waals surface area contributed by atoms with Gasteiger partial charge < -0.3 is 64.6 Å². The predicted octanol–water partition coefficient (Wildman–Crippen LogP) is 5.43. The Morgan fingerprint density at radius 3 is 2.30 bits per heavy atom. The largest absolute Gasteiger partial charge is 0.459 e. The number of aryl methyl sites for hydroxylation is 1. The third kappa shape index (κ3) is 20.3. The molecule has 22 heteroatoms. The molecular weight excluding hydrogens is 1080 g/mol. The number of carbonyl (C=O) groups excluding carboxylic acids is 7. The monoisotopic (exact) mass is 1180 g/mol. The number of hydrogen-bond donors (Lipinski definition) is 5. The molecule has 0 radical (unpaired) electrons. The molecule has 4 aliphatic rings. The van der Waals surface area contributed by atoms with E-state index in [0.717, 1.165) is 16.0 Å². The van der Waals surface area contributed by atoms with Crippen LogP contribution in [0.3, 0.4) is 0 Å². The van der Waals surface area contributed by atoms with Gasteiger partial charge in [0.25, 0.3) is 11.7 Å². The van der Waals surface area contributed by atoms with E-state index in [4.69, 9.17) is 38.9 Å². The summed E-state index contributed by atoms with van der Waals surface area (Å²) in [5, 5.41) is 29.1. The smallest absolute Gasteiger partial charge is 0.407 e. The minimum Gasteiger partial charge on any atom is -0.459 e. The van der Waals surface area contributed by atoms with Gasteiger partial charge in [-0.3, -0.25) is 24.0 Å². The van der Waals surface area contributed by atoms with E-state index in [1.165, 1.54) is 14.2 Å². The van der Waals surface area contributed by atoms with Gasteiger partial charge in [0.1, 0.15) is 42.1 Å². The molecule has 1 aromatic heterocycles. The highest BCUT2D eigenvalue weighted by Crippen LogP contribution is 2.37. The highest BCUT2D eigenvalue weighted by atomic mass is 16.6. The number of aliphatic hydroxyl groups is 2. The zero-order valence-electron chi connectivity index (χ0n) is 51.0. The fourth-order valence-electron chi connectivity index (χ4n) is 11.5. The molecule has 0 unspecified atom stereocenters. The molecule has 1 saturated carbocycles. The number of ketones is 3. The molecule has 4 heterocycles. The molecule has 3 fully saturated rings. The zero-order valence-corrected chi connectivity index (χ0v) is 51.0. The Hall–Kier alpha value is -5.59. The molecule has 1 aromatic rings. The molecule has 2 saturated heterocycles. The van der Waals surface area contributed by atoms with E-state index in [1.54, 1.807) is 60.2 Å². The second-order valence-corrected chi connectivity index (χ2v) is 23.4. The number of amides is 3. The minimum atomic E-state index is -2.49. The summed E-state index contributed by atoms with van der Waals surface area (Å²) in [5.74, 6) is -8.19. The van der Waals surface area contributed by atoms with Crippen LogP contribution < -0.4 is 16.4 Å². The van der Waals surface area contributed by atoms with Gasteiger partial charge in [-0.1, -0.05) is 64.2 Å². The normalized spacial score (nSPS) is 33.7. The summed E-state index contributed by atoms with van der Waals surface area (Å²) in [4.78, 5) is 106. The van der Waals surface area contributed by atoms with Crippen molar-refractivity contribution in [3.05, 3.63) is 71.4 Å². The number of carbonyl (C=O) groups is 7. The number of nitrogens with zero attached hydrogens (tertiary/aromatic N) is 3. The van der Waals surface area contributed by atoms with Crippen LogP contribution in [0.4, 0.5) is 4.79 Å². The summed E-state index contributed by atoms with van der Waals surface area (Å²) >= 11 is 0. The van der Waals surface area contributed by atoms with Gasteiger partial charge in [-0.05, 0) is 108 Å². The van der Waals surface area contributed by atoms with Gasteiger partial charge in [0.05, 0.1) is 31.5 Å². The van der Waals surface area contributed by atoms with Crippen LogP contribution in [0.2, 0.25) is 0 Å². The van der Waals surface area contributed by atoms with Gasteiger partial charge >= 0.3 is 12.1 Å². The van der Waals surface area contributed by atoms with E-state index < -0.39 is 108 Å². The lowest BCUT2D eigenvalue weighted by molar-refractivity contribution is -0.265. The number of esters is 1. The predicted molar refractivity (Wildman–Crippen MR) is 310 cm³/mol. The molecule has 15 atom stereocenters. The highest BCUT2D eigenvalue weighted by molar-refractivity contribution is 6.39. The number of alkyl carbamates (subject to hydrolysis) is 1. The Bertz CT molecular complexity index is 2490. The lowest BCUT2D eigenvalue weighted by Crippen LogP contribution is -2.61. The molecule has 84 heavy (non-hydrogen) atoms. The van der Waals surface area contributed by atoms with Crippen molar-refractivity contribution in [2.45, 2.75) is 199 Å². The van der Waals surface area contributed by atoms with Crippen molar-refractivity contribution in [3.63, 3.8) is 0 Å². The summed E-state index contributed by atoms with van der Waals surface area (Å²) in [7, 11) is 4.42. The highest BCUT2D eigenvalue weighted by Gasteiger charge is 2.53. The maximum absolute atomic E-state index is 14.6. The Morgan fingerprint density at radius 1 is 0.857 bits per heavy atom. The Morgan fingerprint density at radius 2 is 1.60 bits per heavy atom. The third-order valence-corrected chi connectivity index (χ3v) is 16.8. The molecule has 0 spiro atoms. The van der Waals surface area contributed by atoms with Crippen LogP contribution in [0.15, 0.2) is 60.0 Å². The van der Waals surface area contributed by atoms with Crippen molar-refractivity contribution in [3.8, 4) is 0 Å². The van der Waals surface area contributed by atoms with Crippen molar-refractivity contribution in [2.24, 2.45) is 35.3 Å². The molecule has 0 aromatic carbocycles. The fourth-order valence-corrected chi connectivity index (χ4v) is 11.5. The standard InChI is InChI=1S/C62H94N6O16/c1-37-16-12-11-13-17-38(2)51(78-8)32-46-21-19-42(6)62(77,84-46)58(73)59(74)68-25-15-14-18-48(68)60(75)82-52(33-49(69)39(3)29-41(5)56(72)57(80-10)55(71)40(4)28-37)47(63)30-44-20-22-50(53(31-44)79-9)83-61(76)64-24-27-81-26-23-54(70)67-36-45-34-65-43(7)66-35-45/h11-13,16-17,29,34-35,37,39-40,42,44,46-48,50-53,56-57,72,77H,14-15,18-28,30-33,36,63H2,1-10H3,(H,64,76)(H,67,70)/b13-11+,16-12+,38-17+,41-29+/t37-,39-,40-,42-,44+,46+,47-,48+,50-,51+,52+,53-,56-,57+,62-/m1/s1. The molecule has 3 amide bonds. The lowest BCUT2D eigenvalue weighted by atomic mass is 9.80. The maximum Gasteiger partial charge on any atom is 0.407 e. The van der Waals surface area contributed by atoms with Crippen LogP contribution in [0, 0.1) is 36.5 Å². The molecule has 22 nitrogen and oxygen atoms in total. The van der Waals surface area contributed by atoms with E-state index >= 15 is 0 Å². The molecule has 468 valence electrons. The van der Waals surface area contributed by atoms with Crippen molar-refractivity contribution in [1.29, 1.82) is 0 Å². The van der Waals surface area contributed by atoms with Gasteiger partial charge in [-0.15, -0.1) is 0 Å². The first-order valence-electron chi connectivity index (χ1n) is 29.8. The van der Waals surface area contributed by atoms with Crippen LogP contribution in [0.1, 0.15) is 136 Å². The number of rotatable bonds is 15. The number of nitrogens with two attached hydrogens (primary N) is 1. The van der Waals surface area contributed by atoms with Crippen LogP contribution in [0.5, 0.6) is 0 Å². The average molecular weight is 1180 g/mol. The molecule has 2 bridgehead atoms. The second kappa shape index (κ2) is 33.9. The number of ether oxygens (including phenoxy) is 7. The van der Waals surface area contributed by atoms with Crippen molar-refractivity contribution in [1.82, 2.24) is 25.5 Å². The summed E-state index contributed by atoms with van der Waals surface area (Å²) < 4.78 is 41.0. The van der Waals surface area contributed by atoms with Gasteiger partial charge in [0, 0.05) is 102 Å². The molecule has 5 rings (SSSR count). The van der Waals surface area contributed by atoms with Crippen LogP contribution in [0.25, 0.3) is 0 Å². The van der Waals surface area contributed by atoms with Crippen LogP contribution in [-0.2, 0) is 68.5 Å². The van der Waals surface area contributed by atoms with Crippen molar-refractivity contribution in [2.75, 3.05) is 47.6 Å². The number of cyclic esters (lactones) is 1. The number of methoxy groups -OCH3 is 3. The fraction of sp³-hybridized carbons (Fsp3) is 0.694. The maximum atomic E-state index is 14.6. The van der Waals surface area contributed by atoms with E-state index in [-0.39, 0.29) is 81.9 Å². The van der Waals surface area contributed by atoms with Gasteiger partial charge in [0.2, 0.25) is 11.7 Å². The number of aliphatic hydroxyl groups excluding tert-OH is 1. The third-order valence-electron chi connectivity index (χ3n) is 16.8. The summed E-state index contributed by atoms with van der Waals surface area (Å²) in [6.07, 6.45) is 11.6. The van der Waals surface area contributed by atoms with Crippen molar-refractivity contribution < 1.29 is 76.9 Å². The number of piperidine rings is 1. The number of hydrogen-bond acceptors (Lipinski definition) is 19. The topological polar surface area (TPSA) is 304 Å². The first kappa shape index (κ1) is 69.2. The van der Waals surface area contributed by atoms with Gasteiger partial charge in [-0.2, -0.15) is 0 Å². The summed E-state index contributed by atoms with van der Waals surface area (Å²) in [5.41, 5.74) is 8.94. The van der Waals surface area contributed by atoms with E-state index in [2.05, 4.69) is 20.6 Å². The van der Waals surface area contributed by atoms with Gasteiger partial charge in [-0.25, -0.2) is 19.6 Å². The number of fused-ring (bicyclic) bond motifs is 3. The van der Waals surface area contributed by atoms with Crippen LogP contribution in [-0.4, -0.2) is 175 Å². The van der Waals surface area contributed by atoms with Crippen molar-refractivity contribution >= 4 is 41.2 Å². The minimum absolute atomic E-state index is 0.0147. The number of Topliss-reactive ketones (excluding diaryl/α,β-unsaturated/α-hetero) is 3. The molecule has 3 aliphatic heterocycles. The SMILES string of the molecule is CO[C@H]1C[C@@H]2CC[C@@H](C)[C@@](O)(O2)C(=O)C(=O)N2CCCC[C@H]2C(=O)O[C@H]([C@H](N)C[C@@H]2CC[C@@H](OC(=O)NCCOCCC(=O)NCc3cnc(C)nc3)[C@H](OC)C2)CC(=O)[C@H](C)/C=C(\C)[C@@H](O)[C@@H](OC)C(=O)[C@H](C)C[C@H](C)/C=C/C=C/C=C/1C. The van der Waals surface area contributed by atoms with Gasteiger partial charge in [0.15, 0.2) is 5.78 Å². The van der Waals surface area contributed by atoms with E-state index in [0.29, 0.717) is 69.3 Å². The van der Waals surface area contributed by atoms with Crippen LogP contribution >= 0.6 is 0 Å².